The summed E-state index contributed by atoms with van der Waals surface area (Å²) < 4.78 is 5.04. The lowest BCUT2D eigenvalue weighted by Crippen LogP contribution is -2.39. The highest BCUT2D eigenvalue weighted by Crippen LogP contribution is 2.41. The highest BCUT2D eigenvalue weighted by atomic mass is 16.5. The Hall–Kier alpha value is -2.30. The molecule has 1 atom stereocenters. The standard InChI is InChI=1S/C17H21N3O2/c1-12-10-15(19-22-12)11-20(2)17(21)18-16(14-8-9-14)13-6-4-3-5-7-13/h3-7,10,14,16H,8-9,11H2,1-2H3,(H,18,21). The van der Waals surface area contributed by atoms with E-state index in [9.17, 15) is 4.79 Å². The fourth-order valence-corrected chi connectivity index (χ4v) is 2.61. The Labute approximate surface area is 130 Å². The molecule has 2 aromatic rings. The second-order valence-corrected chi connectivity index (χ2v) is 5.96. The van der Waals surface area contributed by atoms with E-state index in [4.69, 9.17) is 4.52 Å². The Kier molecular flexibility index (Phi) is 4.13. The summed E-state index contributed by atoms with van der Waals surface area (Å²) in [4.78, 5) is 14.1. The second kappa shape index (κ2) is 6.22. The number of carbonyl (C=O) groups is 1. The molecule has 1 saturated carbocycles. The molecule has 0 bridgehead atoms. The number of aromatic nitrogens is 1. The van der Waals surface area contributed by atoms with Gasteiger partial charge in [0.1, 0.15) is 11.5 Å². The summed E-state index contributed by atoms with van der Waals surface area (Å²) in [5, 5.41) is 7.08. The Balaban J connectivity index is 1.63. The SMILES string of the molecule is Cc1cc(CN(C)C(=O)NC(c2ccccc2)C2CC2)no1. The maximum Gasteiger partial charge on any atom is 0.317 e. The predicted molar refractivity (Wildman–Crippen MR) is 83.1 cm³/mol. The number of amides is 2. The lowest BCUT2D eigenvalue weighted by Gasteiger charge is -2.23. The van der Waals surface area contributed by atoms with Gasteiger partial charge in [-0.25, -0.2) is 4.79 Å². The van der Waals surface area contributed by atoms with Gasteiger partial charge in [0.25, 0.3) is 0 Å². The van der Waals surface area contributed by atoms with Gasteiger partial charge < -0.3 is 14.7 Å². The van der Waals surface area contributed by atoms with E-state index in [0.29, 0.717) is 12.5 Å². The first kappa shape index (κ1) is 14.6. The molecule has 0 aliphatic heterocycles. The first-order chi connectivity index (χ1) is 10.6. The highest BCUT2D eigenvalue weighted by Gasteiger charge is 2.33. The molecule has 1 heterocycles. The van der Waals surface area contributed by atoms with Crippen molar-refractivity contribution in [1.29, 1.82) is 0 Å². The maximum atomic E-state index is 12.4. The zero-order valence-electron chi connectivity index (χ0n) is 13.0. The lowest BCUT2D eigenvalue weighted by molar-refractivity contribution is 0.200. The van der Waals surface area contributed by atoms with Crippen LogP contribution >= 0.6 is 0 Å². The number of hydrogen-bond donors (Lipinski definition) is 1. The van der Waals surface area contributed by atoms with Crippen LogP contribution in [0.2, 0.25) is 0 Å². The van der Waals surface area contributed by atoms with Crippen molar-refractivity contribution in [2.24, 2.45) is 5.92 Å². The number of nitrogens with zero attached hydrogens (tertiary/aromatic N) is 2. The first-order valence-corrected chi connectivity index (χ1v) is 7.62. The predicted octanol–water partition coefficient (Wildman–Crippen LogP) is 3.28. The van der Waals surface area contributed by atoms with E-state index >= 15 is 0 Å². The van der Waals surface area contributed by atoms with Crippen molar-refractivity contribution in [2.45, 2.75) is 32.4 Å². The van der Waals surface area contributed by atoms with Gasteiger partial charge in [0.15, 0.2) is 0 Å². The van der Waals surface area contributed by atoms with Crippen molar-refractivity contribution < 1.29 is 9.32 Å². The summed E-state index contributed by atoms with van der Waals surface area (Å²) in [6.07, 6.45) is 2.35. The molecular formula is C17H21N3O2. The van der Waals surface area contributed by atoms with Crippen LogP contribution in [0.4, 0.5) is 4.79 Å². The topological polar surface area (TPSA) is 58.4 Å². The average molecular weight is 299 g/mol. The third-order valence-electron chi connectivity index (χ3n) is 3.95. The lowest BCUT2D eigenvalue weighted by atomic mass is 10.0. The third kappa shape index (κ3) is 3.47. The van der Waals surface area contributed by atoms with Crippen LogP contribution in [-0.2, 0) is 6.54 Å². The molecule has 1 aliphatic rings. The molecule has 1 unspecified atom stereocenters. The molecule has 0 spiro atoms. The summed E-state index contributed by atoms with van der Waals surface area (Å²) in [5.41, 5.74) is 1.93. The molecule has 22 heavy (non-hydrogen) atoms. The van der Waals surface area contributed by atoms with Crippen LogP contribution in [0.5, 0.6) is 0 Å². The monoisotopic (exact) mass is 299 g/mol. The molecule has 1 aliphatic carbocycles. The van der Waals surface area contributed by atoms with Crippen molar-refractivity contribution in [3.05, 3.63) is 53.4 Å². The molecule has 5 heteroatoms. The normalized spacial score (nSPS) is 15.4. The van der Waals surface area contributed by atoms with Crippen molar-refractivity contribution in [3.63, 3.8) is 0 Å². The summed E-state index contributed by atoms with van der Waals surface area (Å²) in [5.74, 6) is 1.30. The molecule has 0 radical (unpaired) electrons. The number of rotatable bonds is 5. The van der Waals surface area contributed by atoms with E-state index in [-0.39, 0.29) is 12.1 Å². The van der Waals surface area contributed by atoms with Crippen molar-refractivity contribution in [3.8, 4) is 0 Å². The third-order valence-corrected chi connectivity index (χ3v) is 3.95. The second-order valence-electron chi connectivity index (χ2n) is 5.96. The number of hydrogen-bond acceptors (Lipinski definition) is 3. The Morgan fingerprint density at radius 2 is 2.14 bits per heavy atom. The number of benzene rings is 1. The molecule has 1 aromatic heterocycles. The van der Waals surface area contributed by atoms with E-state index in [0.717, 1.165) is 11.5 Å². The van der Waals surface area contributed by atoms with Crippen LogP contribution in [0, 0.1) is 12.8 Å². The summed E-state index contributed by atoms with van der Waals surface area (Å²) in [7, 11) is 1.77. The Morgan fingerprint density at radius 1 is 1.41 bits per heavy atom. The van der Waals surface area contributed by atoms with Crippen molar-refractivity contribution in [1.82, 2.24) is 15.4 Å². The van der Waals surface area contributed by atoms with E-state index < -0.39 is 0 Å². The fourth-order valence-electron chi connectivity index (χ4n) is 2.61. The van der Waals surface area contributed by atoms with Gasteiger partial charge in [-0.05, 0) is 31.2 Å². The summed E-state index contributed by atoms with van der Waals surface area (Å²) >= 11 is 0. The first-order valence-electron chi connectivity index (χ1n) is 7.62. The summed E-state index contributed by atoms with van der Waals surface area (Å²) in [6.45, 7) is 2.28. The fraction of sp³-hybridized carbons (Fsp3) is 0.412. The van der Waals surface area contributed by atoms with Gasteiger partial charge in [0.2, 0.25) is 0 Å². The minimum atomic E-state index is -0.0820. The smallest absolute Gasteiger partial charge is 0.317 e. The van der Waals surface area contributed by atoms with Crippen LogP contribution in [0.1, 0.15) is 35.9 Å². The van der Waals surface area contributed by atoms with E-state index in [1.165, 1.54) is 18.4 Å². The van der Waals surface area contributed by atoms with Crippen LogP contribution in [0.25, 0.3) is 0 Å². The minimum Gasteiger partial charge on any atom is -0.361 e. The van der Waals surface area contributed by atoms with Crippen LogP contribution in [0.3, 0.4) is 0 Å². The molecule has 2 amide bonds. The van der Waals surface area contributed by atoms with Gasteiger partial charge in [-0.15, -0.1) is 0 Å². The van der Waals surface area contributed by atoms with E-state index in [1.54, 1.807) is 11.9 Å². The van der Waals surface area contributed by atoms with E-state index in [2.05, 4.69) is 22.6 Å². The van der Waals surface area contributed by atoms with Crippen LogP contribution < -0.4 is 5.32 Å². The molecule has 1 fully saturated rings. The Morgan fingerprint density at radius 3 is 2.73 bits per heavy atom. The average Bonchev–Trinajstić information content (AvgIpc) is 3.28. The Bertz CT molecular complexity index is 634. The zero-order chi connectivity index (χ0) is 15.5. The van der Waals surface area contributed by atoms with Gasteiger partial charge in [-0.2, -0.15) is 0 Å². The molecule has 1 N–H and O–H groups in total. The number of urea groups is 1. The van der Waals surface area contributed by atoms with Gasteiger partial charge >= 0.3 is 6.03 Å². The number of carbonyl (C=O) groups excluding carboxylic acids is 1. The van der Waals surface area contributed by atoms with Crippen molar-refractivity contribution >= 4 is 6.03 Å². The maximum absolute atomic E-state index is 12.4. The van der Waals surface area contributed by atoms with E-state index in [1.807, 2.05) is 31.2 Å². The molecular weight excluding hydrogens is 278 g/mol. The van der Waals surface area contributed by atoms with Gasteiger partial charge in [0, 0.05) is 13.1 Å². The summed E-state index contributed by atoms with van der Waals surface area (Å²) in [6, 6.07) is 12.0. The van der Waals surface area contributed by atoms with Gasteiger partial charge in [0.05, 0.1) is 12.6 Å². The van der Waals surface area contributed by atoms with Crippen molar-refractivity contribution in [2.75, 3.05) is 7.05 Å². The largest absolute Gasteiger partial charge is 0.361 e. The number of aryl methyl sites for hydroxylation is 1. The molecule has 116 valence electrons. The molecule has 0 saturated heterocycles. The number of nitrogens with one attached hydrogen (secondary N) is 1. The molecule has 1 aromatic carbocycles. The quantitative estimate of drug-likeness (QED) is 0.921. The van der Waals surface area contributed by atoms with Gasteiger partial charge in [-0.3, -0.25) is 0 Å². The molecule has 5 nitrogen and oxygen atoms in total. The van der Waals surface area contributed by atoms with Crippen LogP contribution in [-0.4, -0.2) is 23.1 Å². The molecule has 3 rings (SSSR count). The highest BCUT2D eigenvalue weighted by molar-refractivity contribution is 5.74. The zero-order valence-corrected chi connectivity index (χ0v) is 13.0. The van der Waals surface area contributed by atoms with Gasteiger partial charge in [-0.1, -0.05) is 35.5 Å². The minimum absolute atomic E-state index is 0.0820. The van der Waals surface area contributed by atoms with Crippen LogP contribution in [0.15, 0.2) is 40.9 Å².